The fourth-order valence-electron chi connectivity index (χ4n) is 4.08. The maximum absolute atomic E-state index is 12.2. The normalized spacial score (nSPS) is 20.2. The number of ether oxygens (including phenoxy) is 1. The van der Waals surface area contributed by atoms with Gasteiger partial charge in [0.25, 0.3) is 0 Å². The van der Waals surface area contributed by atoms with E-state index in [1.807, 2.05) is 13.0 Å². The predicted octanol–water partition coefficient (Wildman–Crippen LogP) is 6.40. The summed E-state index contributed by atoms with van der Waals surface area (Å²) in [5.74, 6) is 1.19. The van der Waals surface area contributed by atoms with E-state index in [2.05, 4.69) is 6.92 Å². The zero-order valence-corrected chi connectivity index (χ0v) is 17.1. The average Bonchev–Trinajstić information content (AvgIpc) is 2.97. The summed E-state index contributed by atoms with van der Waals surface area (Å²) < 4.78 is 4.86. The van der Waals surface area contributed by atoms with E-state index in [4.69, 9.17) is 4.74 Å². The SMILES string of the molecule is CCCCCCCCC[C@H]1CCC(=O)[C@@H]1CCCCC=CC(=O)OCC. The summed E-state index contributed by atoms with van der Waals surface area (Å²) in [6.07, 6.45) is 20.0. The Hall–Kier alpha value is -1.12. The molecular formula is C23H40O3. The number of carbonyl (C=O) groups excluding carboxylic acids is 2. The highest BCUT2D eigenvalue weighted by Gasteiger charge is 2.33. The Labute approximate surface area is 161 Å². The zero-order chi connectivity index (χ0) is 19.0. The minimum absolute atomic E-state index is 0.256. The van der Waals surface area contributed by atoms with Crippen molar-refractivity contribution in [2.45, 2.75) is 104 Å². The summed E-state index contributed by atoms with van der Waals surface area (Å²) in [6.45, 7) is 4.49. The van der Waals surface area contributed by atoms with Crippen molar-refractivity contribution in [1.82, 2.24) is 0 Å². The molecule has 0 unspecified atom stereocenters. The average molecular weight is 365 g/mol. The van der Waals surface area contributed by atoms with Gasteiger partial charge in [0.05, 0.1) is 6.61 Å². The van der Waals surface area contributed by atoms with Crippen LogP contribution in [0.4, 0.5) is 0 Å². The van der Waals surface area contributed by atoms with Crippen molar-refractivity contribution in [1.29, 1.82) is 0 Å². The van der Waals surface area contributed by atoms with Crippen LogP contribution in [-0.4, -0.2) is 18.4 Å². The van der Waals surface area contributed by atoms with Crippen LogP contribution < -0.4 is 0 Å². The third kappa shape index (κ3) is 10.1. The highest BCUT2D eigenvalue weighted by atomic mass is 16.5. The number of rotatable bonds is 15. The van der Waals surface area contributed by atoms with Crippen molar-refractivity contribution in [3.63, 3.8) is 0 Å². The molecule has 1 rings (SSSR count). The summed E-state index contributed by atoms with van der Waals surface area (Å²) in [4.78, 5) is 23.4. The van der Waals surface area contributed by atoms with E-state index in [1.54, 1.807) is 0 Å². The Kier molecular flexibility index (Phi) is 13.2. The Morgan fingerprint density at radius 1 is 1.00 bits per heavy atom. The van der Waals surface area contributed by atoms with Gasteiger partial charge in [0.2, 0.25) is 0 Å². The number of hydrogen-bond donors (Lipinski definition) is 0. The molecule has 1 fully saturated rings. The first kappa shape index (κ1) is 22.9. The topological polar surface area (TPSA) is 43.4 Å². The molecule has 3 heteroatoms. The lowest BCUT2D eigenvalue weighted by atomic mass is 9.86. The van der Waals surface area contributed by atoms with Gasteiger partial charge in [0.1, 0.15) is 5.78 Å². The molecule has 0 aromatic rings. The van der Waals surface area contributed by atoms with Gasteiger partial charge in [0, 0.05) is 18.4 Å². The van der Waals surface area contributed by atoms with E-state index in [9.17, 15) is 9.59 Å². The fraction of sp³-hybridized carbons (Fsp3) is 0.826. The Bertz CT molecular complexity index is 414. The number of carbonyl (C=O) groups is 2. The Balaban J connectivity index is 2.13. The number of esters is 1. The third-order valence-electron chi connectivity index (χ3n) is 5.60. The fourth-order valence-corrected chi connectivity index (χ4v) is 4.08. The largest absolute Gasteiger partial charge is 0.463 e. The van der Waals surface area contributed by atoms with Crippen LogP contribution in [-0.2, 0) is 14.3 Å². The van der Waals surface area contributed by atoms with Crippen LogP contribution in [0.3, 0.4) is 0 Å². The van der Waals surface area contributed by atoms with Crippen LogP contribution in [0.25, 0.3) is 0 Å². The van der Waals surface area contributed by atoms with Gasteiger partial charge in [0.15, 0.2) is 0 Å². The minimum Gasteiger partial charge on any atom is -0.463 e. The van der Waals surface area contributed by atoms with E-state index in [0.29, 0.717) is 24.2 Å². The summed E-state index contributed by atoms with van der Waals surface area (Å²) in [7, 11) is 0. The van der Waals surface area contributed by atoms with Crippen molar-refractivity contribution in [3.8, 4) is 0 Å². The van der Waals surface area contributed by atoms with E-state index >= 15 is 0 Å². The van der Waals surface area contributed by atoms with Gasteiger partial charge >= 0.3 is 5.97 Å². The van der Waals surface area contributed by atoms with Crippen LogP contribution in [0, 0.1) is 11.8 Å². The van der Waals surface area contributed by atoms with Crippen molar-refractivity contribution >= 4 is 11.8 Å². The molecule has 0 radical (unpaired) electrons. The van der Waals surface area contributed by atoms with Gasteiger partial charge in [-0.05, 0) is 44.9 Å². The quantitative estimate of drug-likeness (QED) is 0.192. The van der Waals surface area contributed by atoms with Crippen LogP contribution in [0.15, 0.2) is 12.2 Å². The molecular weight excluding hydrogens is 324 g/mol. The molecule has 0 spiro atoms. The second kappa shape index (κ2) is 15.0. The molecule has 0 aromatic heterocycles. The molecule has 0 saturated heterocycles. The Morgan fingerprint density at radius 2 is 1.69 bits per heavy atom. The zero-order valence-electron chi connectivity index (χ0n) is 17.1. The van der Waals surface area contributed by atoms with Crippen LogP contribution in [0.5, 0.6) is 0 Å². The molecule has 0 bridgehead atoms. The number of allylic oxidation sites excluding steroid dienone is 1. The predicted molar refractivity (Wildman–Crippen MR) is 108 cm³/mol. The molecule has 0 aliphatic heterocycles. The van der Waals surface area contributed by atoms with Gasteiger partial charge < -0.3 is 4.74 Å². The van der Waals surface area contributed by atoms with Crippen LogP contribution in [0.1, 0.15) is 104 Å². The smallest absolute Gasteiger partial charge is 0.330 e. The summed E-state index contributed by atoms with van der Waals surface area (Å²) >= 11 is 0. The standard InChI is InChI=1S/C23H40O3/c1-3-5-6-7-8-9-12-15-20-18-19-22(24)21(20)16-13-10-11-14-17-23(25)26-4-2/h14,17,20-21H,3-13,15-16,18-19H2,1-2H3/t20-,21+/m0/s1. The molecule has 1 saturated carbocycles. The molecule has 1 aliphatic carbocycles. The molecule has 0 heterocycles. The van der Waals surface area contributed by atoms with Gasteiger partial charge in [-0.2, -0.15) is 0 Å². The van der Waals surface area contributed by atoms with Crippen LogP contribution >= 0.6 is 0 Å². The molecule has 0 N–H and O–H groups in total. The molecule has 3 nitrogen and oxygen atoms in total. The number of hydrogen-bond acceptors (Lipinski definition) is 3. The highest BCUT2D eigenvalue weighted by molar-refractivity contribution is 5.83. The third-order valence-corrected chi connectivity index (χ3v) is 5.60. The molecule has 0 aromatic carbocycles. The number of Topliss-reactive ketones (excluding diaryl/α,β-unsaturated/α-hetero) is 1. The van der Waals surface area contributed by atoms with Gasteiger partial charge in [-0.25, -0.2) is 4.79 Å². The molecule has 2 atom stereocenters. The molecule has 0 amide bonds. The van der Waals surface area contributed by atoms with Crippen LogP contribution in [0.2, 0.25) is 0 Å². The van der Waals surface area contributed by atoms with Crippen molar-refractivity contribution in [2.75, 3.05) is 6.61 Å². The van der Waals surface area contributed by atoms with Crippen molar-refractivity contribution < 1.29 is 14.3 Å². The highest BCUT2D eigenvalue weighted by Crippen LogP contribution is 2.36. The van der Waals surface area contributed by atoms with Gasteiger partial charge in [-0.15, -0.1) is 0 Å². The lowest BCUT2D eigenvalue weighted by Crippen LogP contribution is -2.14. The summed E-state index contributed by atoms with van der Waals surface area (Å²) in [6, 6.07) is 0. The van der Waals surface area contributed by atoms with E-state index in [-0.39, 0.29) is 5.97 Å². The molecule has 150 valence electrons. The Morgan fingerprint density at radius 3 is 2.42 bits per heavy atom. The van der Waals surface area contributed by atoms with Gasteiger partial charge in [-0.3, -0.25) is 4.79 Å². The van der Waals surface area contributed by atoms with E-state index in [0.717, 1.165) is 38.5 Å². The lowest BCUT2D eigenvalue weighted by Gasteiger charge is -2.18. The number of ketones is 1. The molecule has 26 heavy (non-hydrogen) atoms. The van der Waals surface area contributed by atoms with E-state index in [1.165, 1.54) is 57.4 Å². The second-order valence-corrected chi connectivity index (χ2v) is 7.72. The molecule has 1 aliphatic rings. The maximum Gasteiger partial charge on any atom is 0.330 e. The summed E-state index contributed by atoms with van der Waals surface area (Å²) in [5.41, 5.74) is 0. The second-order valence-electron chi connectivity index (χ2n) is 7.72. The number of unbranched alkanes of at least 4 members (excludes halogenated alkanes) is 8. The van der Waals surface area contributed by atoms with Crippen molar-refractivity contribution in [3.05, 3.63) is 12.2 Å². The monoisotopic (exact) mass is 364 g/mol. The lowest BCUT2D eigenvalue weighted by molar-refractivity contribution is -0.137. The van der Waals surface area contributed by atoms with Crippen molar-refractivity contribution in [2.24, 2.45) is 11.8 Å². The summed E-state index contributed by atoms with van der Waals surface area (Å²) in [5, 5.41) is 0. The first-order valence-corrected chi connectivity index (χ1v) is 11.0. The maximum atomic E-state index is 12.2. The minimum atomic E-state index is -0.256. The first-order chi connectivity index (χ1) is 12.7. The van der Waals surface area contributed by atoms with Gasteiger partial charge in [-0.1, -0.05) is 64.4 Å². The first-order valence-electron chi connectivity index (χ1n) is 11.0. The van der Waals surface area contributed by atoms with E-state index < -0.39 is 0 Å².